The Morgan fingerprint density at radius 1 is 1.37 bits per heavy atom. The summed E-state index contributed by atoms with van der Waals surface area (Å²) in [6.45, 7) is 3.11. The second-order valence-electron chi connectivity index (χ2n) is 4.39. The van der Waals surface area contributed by atoms with E-state index in [4.69, 9.17) is 4.52 Å². The number of hydrogen-bond acceptors (Lipinski definition) is 5. The Labute approximate surface area is 110 Å². The van der Waals surface area contributed by atoms with Crippen molar-refractivity contribution in [1.82, 2.24) is 10.1 Å². The molecular weight excluding hydrogens is 271 g/mol. The van der Waals surface area contributed by atoms with Gasteiger partial charge in [0.2, 0.25) is 11.7 Å². The van der Waals surface area contributed by atoms with Crippen LogP contribution in [0.1, 0.15) is 23.6 Å². The van der Waals surface area contributed by atoms with E-state index < -0.39 is 15.1 Å². The molecule has 0 saturated carbocycles. The van der Waals surface area contributed by atoms with Crippen LogP contribution >= 0.6 is 0 Å². The zero-order valence-corrected chi connectivity index (χ0v) is 11.5. The first-order valence-corrected chi connectivity index (χ1v) is 7.53. The standard InChI is InChI=1S/C12H13FN2O3S/c1-7-4-5-9(6-10(7)13)11-14-12(18-15-11)8(2)19(3,16)17/h4-6,8H,1-3H3/t8-/m0/s1. The molecule has 7 heteroatoms. The lowest BCUT2D eigenvalue weighted by molar-refractivity contribution is 0.377. The molecule has 1 atom stereocenters. The number of benzene rings is 1. The van der Waals surface area contributed by atoms with Crippen LogP contribution in [0, 0.1) is 12.7 Å². The summed E-state index contributed by atoms with van der Waals surface area (Å²) in [7, 11) is -3.31. The minimum atomic E-state index is -3.31. The first-order valence-electron chi connectivity index (χ1n) is 5.58. The molecule has 1 heterocycles. The Morgan fingerprint density at radius 3 is 2.63 bits per heavy atom. The highest BCUT2D eigenvalue weighted by atomic mass is 32.2. The predicted octanol–water partition coefficient (Wildman–Crippen LogP) is 2.29. The van der Waals surface area contributed by atoms with E-state index in [1.165, 1.54) is 13.0 Å². The smallest absolute Gasteiger partial charge is 0.244 e. The van der Waals surface area contributed by atoms with Gasteiger partial charge in [-0.3, -0.25) is 0 Å². The number of halogens is 1. The topological polar surface area (TPSA) is 73.1 Å². The quantitative estimate of drug-likeness (QED) is 0.864. The largest absolute Gasteiger partial charge is 0.338 e. The van der Waals surface area contributed by atoms with E-state index in [9.17, 15) is 12.8 Å². The molecule has 0 N–H and O–H groups in total. The lowest BCUT2D eigenvalue weighted by Gasteiger charge is -2.01. The molecular formula is C12H13FN2O3S. The molecule has 0 amide bonds. The molecule has 1 aromatic heterocycles. The van der Waals surface area contributed by atoms with Crippen molar-refractivity contribution in [3.05, 3.63) is 35.5 Å². The number of aromatic nitrogens is 2. The van der Waals surface area contributed by atoms with Gasteiger partial charge >= 0.3 is 0 Å². The van der Waals surface area contributed by atoms with Crippen molar-refractivity contribution in [1.29, 1.82) is 0 Å². The monoisotopic (exact) mass is 284 g/mol. The van der Waals surface area contributed by atoms with E-state index in [1.54, 1.807) is 19.1 Å². The fourth-order valence-corrected chi connectivity index (χ4v) is 1.89. The first kappa shape index (κ1) is 13.7. The highest BCUT2D eigenvalue weighted by Gasteiger charge is 2.24. The third-order valence-electron chi connectivity index (χ3n) is 2.86. The summed E-state index contributed by atoms with van der Waals surface area (Å²) in [5.74, 6) is -0.206. The van der Waals surface area contributed by atoms with Gasteiger partial charge in [-0.2, -0.15) is 4.98 Å². The SMILES string of the molecule is Cc1ccc(-c2noc([C@H](C)S(C)(=O)=O)n2)cc1F. The van der Waals surface area contributed by atoms with Crippen LogP contribution < -0.4 is 0 Å². The van der Waals surface area contributed by atoms with Crippen molar-refractivity contribution < 1.29 is 17.3 Å². The maximum atomic E-state index is 13.4. The third-order valence-corrected chi connectivity index (χ3v) is 4.35. The molecule has 5 nitrogen and oxygen atoms in total. The molecule has 2 rings (SSSR count). The minimum absolute atomic E-state index is 0.00140. The van der Waals surface area contributed by atoms with E-state index in [0.29, 0.717) is 11.1 Å². The zero-order valence-electron chi connectivity index (χ0n) is 10.7. The van der Waals surface area contributed by atoms with Gasteiger partial charge in [0, 0.05) is 11.8 Å². The van der Waals surface area contributed by atoms with Crippen LogP contribution in [0.5, 0.6) is 0 Å². The summed E-state index contributed by atoms with van der Waals surface area (Å²) in [5.41, 5.74) is 0.954. The summed E-state index contributed by atoms with van der Waals surface area (Å²) in [6.07, 6.45) is 1.09. The maximum absolute atomic E-state index is 13.4. The maximum Gasteiger partial charge on any atom is 0.244 e. The van der Waals surface area contributed by atoms with Crippen molar-refractivity contribution in [3.8, 4) is 11.4 Å². The van der Waals surface area contributed by atoms with Gasteiger partial charge in [0.25, 0.3) is 0 Å². The van der Waals surface area contributed by atoms with Gasteiger partial charge in [0.15, 0.2) is 9.84 Å². The van der Waals surface area contributed by atoms with E-state index >= 15 is 0 Å². The molecule has 0 bridgehead atoms. The molecule has 0 aliphatic carbocycles. The van der Waals surface area contributed by atoms with Crippen LogP contribution in [0.15, 0.2) is 22.7 Å². The van der Waals surface area contributed by atoms with Gasteiger partial charge in [-0.25, -0.2) is 12.8 Å². The highest BCUT2D eigenvalue weighted by molar-refractivity contribution is 7.90. The minimum Gasteiger partial charge on any atom is -0.338 e. The average molecular weight is 284 g/mol. The van der Waals surface area contributed by atoms with Gasteiger partial charge < -0.3 is 4.52 Å². The molecule has 0 fully saturated rings. The van der Waals surface area contributed by atoms with Crippen molar-refractivity contribution in [2.24, 2.45) is 0 Å². The van der Waals surface area contributed by atoms with E-state index in [2.05, 4.69) is 10.1 Å². The van der Waals surface area contributed by atoms with Crippen LogP contribution in [0.25, 0.3) is 11.4 Å². The molecule has 0 aliphatic rings. The normalized spacial score (nSPS) is 13.5. The second kappa shape index (κ2) is 4.73. The molecule has 0 radical (unpaired) electrons. The third kappa shape index (κ3) is 2.81. The molecule has 2 aromatic rings. The highest BCUT2D eigenvalue weighted by Crippen LogP contribution is 2.23. The second-order valence-corrected chi connectivity index (χ2v) is 6.76. The number of aryl methyl sites for hydroxylation is 1. The molecule has 1 aromatic carbocycles. The number of nitrogens with zero attached hydrogens (tertiary/aromatic N) is 2. The summed E-state index contributed by atoms with van der Waals surface area (Å²) in [6, 6.07) is 4.54. The predicted molar refractivity (Wildman–Crippen MR) is 67.7 cm³/mol. The average Bonchev–Trinajstić information content (AvgIpc) is 2.79. The Kier molecular flexibility index (Phi) is 3.40. The van der Waals surface area contributed by atoms with Gasteiger partial charge in [-0.05, 0) is 25.5 Å². The lowest BCUT2D eigenvalue weighted by Crippen LogP contribution is -2.07. The van der Waals surface area contributed by atoms with Gasteiger partial charge in [-0.1, -0.05) is 17.3 Å². The fraction of sp³-hybridized carbons (Fsp3) is 0.333. The van der Waals surface area contributed by atoms with Gasteiger partial charge in [-0.15, -0.1) is 0 Å². The van der Waals surface area contributed by atoms with Crippen molar-refractivity contribution in [2.45, 2.75) is 19.1 Å². The molecule has 19 heavy (non-hydrogen) atoms. The molecule has 0 saturated heterocycles. The van der Waals surface area contributed by atoms with Crippen LogP contribution in [0.3, 0.4) is 0 Å². The zero-order chi connectivity index (χ0) is 14.2. The fourth-order valence-electron chi connectivity index (χ4n) is 1.43. The Hall–Kier alpha value is -1.76. The summed E-state index contributed by atoms with van der Waals surface area (Å²) in [5, 5.41) is 2.79. The van der Waals surface area contributed by atoms with E-state index in [1.807, 2.05) is 0 Å². The lowest BCUT2D eigenvalue weighted by atomic mass is 10.1. The number of sulfone groups is 1. The Balaban J connectivity index is 2.38. The molecule has 0 spiro atoms. The number of rotatable bonds is 3. The Bertz CT molecular complexity index is 710. The van der Waals surface area contributed by atoms with Crippen LogP contribution in [0.4, 0.5) is 4.39 Å². The first-order chi connectivity index (χ1) is 8.79. The van der Waals surface area contributed by atoms with Gasteiger partial charge in [0.1, 0.15) is 11.1 Å². The van der Waals surface area contributed by atoms with Gasteiger partial charge in [0.05, 0.1) is 0 Å². The van der Waals surface area contributed by atoms with Crippen molar-refractivity contribution in [3.63, 3.8) is 0 Å². The number of hydrogen-bond donors (Lipinski definition) is 0. The summed E-state index contributed by atoms with van der Waals surface area (Å²) >= 11 is 0. The van der Waals surface area contributed by atoms with Crippen LogP contribution in [0.2, 0.25) is 0 Å². The van der Waals surface area contributed by atoms with Crippen LogP contribution in [-0.4, -0.2) is 24.8 Å². The van der Waals surface area contributed by atoms with E-state index in [0.717, 1.165) is 6.26 Å². The van der Waals surface area contributed by atoms with E-state index in [-0.39, 0.29) is 17.5 Å². The Morgan fingerprint density at radius 2 is 2.05 bits per heavy atom. The van der Waals surface area contributed by atoms with Crippen molar-refractivity contribution >= 4 is 9.84 Å². The molecule has 102 valence electrons. The summed E-state index contributed by atoms with van der Waals surface area (Å²) < 4.78 is 41.1. The van der Waals surface area contributed by atoms with Crippen LogP contribution in [-0.2, 0) is 9.84 Å². The molecule has 0 aliphatic heterocycles. The molecule has 0 unspecified atom stereocenters. The van der Waals surface area contributed by atoms with Crippen molar-refractivity contribution in [2.75, 3.05) is 6.26 Å². The summed E-state index contributed by atoms with van der Waals surface area (Å²) in [4.78, 5) is 3.99.